The molecule has 5 N–H and O–H groups in total. The largest absolute Gasteiger partial charge is 0.387 e. The summed E-state index contributed by atoms with van der Waals surface area (Å²) >= 11 is 0. The first-order valence-electron chi connectivity index (χ1n) is 4.32. The first-order valence-corrected chi connectivity index (χ1v) is 7.69. The van der Waals surface area contributed by atoms with Gasteiger partial charge < -0.3 is 24.7 Å². The van der Waals surface area contributed by atoms with Crippen LogP contribution in [0, 0.1) is 0 Å². The second-order valence-corrected chi connectivity index (χ2v) is 7.19. The molecule has 8 nitrogen and oxygen atoms in total. The summed E-state index contributed by atoms with van der Waals surface area (Å²) in [6, 6.07) is 2.42. The van der Waals surface area contributed by atoms with E-state index in [-0.39, 0.29) is 5.56 Å². The highest BCUT2D eigenvalue weighted by Gasteiger charge is 2.48. The molecule has 0 aliphatic heterocycles. The molecule has 96 valence electrons. The quantitative estimate of drug-likeness (QED) is 0.477. The fourth-order valence-corrected chi connectivity index (χ4v) is 3.94. The van der Waals surface area contributed by atoms with E-state index in [1.807, 2.05) is 0 Å². The minimum Gasteiger partial charge on any atom is -0.387 e. The van der Waals surface area contributed by atoms with Gasteiger partial charge in [-0.3, -0.25) is 14.1 Å². The summed E-state index contributed by atoms with van der Waals surface area (Å²) in [6.45, 7) is 0. The van der Waals surface area contributed by atoms with Crippen LogP contribution in [0.2, 0.25) is 0 Å². The van der Waals surface area contributed by atoms with Crippen LogP contribution in [-0.2, 0) is 9.13 Å². The first kappa shape index (κ1) is 14.5. The van der Waals surface area contributed by atoms with Gasteiger partial charge in [-0.2, -0.15) is 0 Å². The van der Waals surface area contributed by atoms with Crippen molar-refractivity contribution in [2.75, 3.05) is 0 Å². The lowest BCUT2D eigenvalue weighted by Crippen LogP contribution is -2.19. The second kappa shape index (κ2) is 4.96. The van der Waals surface area contributed by atoms with Gasteiger partial charge in [0.05, 0.1) is 0 Å². The first-order chi connectivity index (χ1) is 7.64. The lowest BCUT2D eigenvalue weighted by molar-refractivity contribution is 0.169. The molecule has 1 aromatic heterocycles. The predicted molar refractivity (Wildman–Crippen MR) is 57.1 cm³/mol. The summed E-state index contributed by atoms with van der Waals surface area (Å²) in [5, 5.41) is 7.16. The fourth-order valence-electron chi connectivity index (χ4n) is 1.30. The van der Waals surface area contributed by atoms with Crippen molar-refractivity contribution in [3.63, 3.8) is 0 Å². The Hall–Kier alpha value is -0.590. The van der Waals surface area contributed by atoms with Crippen molar-refractivity contribution < 1.29 is 33.8 Å². The van der Waals surface area contributed by atoms with Crippen LogP contribution in [0.15, 0.2) is 24.5 Å². The summed E-state index contributed by atoms with van der Waals surface area (Å²) in [6.07, 6.45) is 0.490. The van der Waals surface area contributed by atoms with E-state index in [1.54, 1.807) is 0 Å². The molecule has 0 aliphatic rings. The number of pyridine rings is 1. The van der Waals surface area contributed by atoms with Gasteiger partial charge in [-0.15, -0.1) is 0 Å². The topological polar surface area (TPSA) is 148 Å². The highest BCUT2D eigenvalue weighted by molar-refractivity contribution is 7.70. The maximum absolute atomic E-state index is 11.0. The van der Waals surface area contributed by atoms with E-state index in [0.29, 0.717) is 0 Å². The Morgan fingerprint density at radius 1 is 1.00 bits per heavy atom. The second-order valence-electron chi connectivity index (χ2n) is 3.32. The summed E-state index contributed by atoms with van der Waals surface area (Å²) in [4.78, 5) is 39.2. The molecule has 0 aromatic carbocycles. The molecule has 0 amide bonds. The average molecular weight is 283 g/mol. The van der Waals surface area contributed by atoms with Crippen LogP contribution in [0.1, 0.15) is 11.7 Å². The minimum atomic E-state index is -5.15. The van der Waals surface area contributed by atoms with E-state index in [0.717, 1.165) is 0 Å². The van der Waals surface area contributed by atoms with Crippen LogP contribution in [0.5, 0.6) is 0 Å². The summed E-state index contributed by atoms with van der Waals surface area (Å²) in [5.74, 6) is 0. The number of aliphatic hydroxyl groups is 1. The number of rotatable bonds is 4. The van der Waals surface area contributed by atoms with E-state index < -0.39 is 26.7 Å². The molecule has 0 saturated heterocycles. The predicted octanol–water partition coefficient (Wildman–Crippen LogP) is -0.204. The molecule has 1 atom stereocenters. The minimum absolute atomic E-state index is 0.0309. The van der Waals surface area contributed by atoms with Gasteiger partial charge >= 0.3 is 15.2 Å². The van der Waals surface area contributed by atoms with Crippen LogP contribution in [0.25, 0.3) is 0 Å². The highest BCUT2D eigenvalue weighted by atomic mass is 31.2. The molecular formula is C7H11NO7P2. The third-order valence-corrected chi connectivity index (χ3v) is 5.77. The normalized spacial score (nSPS) is 14.9. The van der Waals surface area contributed by atoms with Crippen LogP contribution < -0.4 is 0 Å². The Morgan fingerprint density at radius 2 is 1.41 bits per heavy atom. The van der Waals surface area contributed by atoms with Gasteiger partial charge in [0.1, 0.15) is 6.10 Å². The molecule has 1 heterocycles. The van der Waals surface area contributed by atoms with E-state index in [9.17, 15) is 14.2 Å². The third kappa shape index (κ3) is 3.69. The van der Waals surface area contributed by atoms with E-state index in [1.165, 1.54) is 24.5 Å². The maximum atomic E-state index is 11.0. The van der Waals surface area contributed by atoms with E-state index in [2.05, 4.69) is 4.98 Å². The molecule has 1 aromatic rings. The summed E-state index contributed by atoms with van der Waals surface area (Å²) < 4.78 is 22.0. The van der Waals surface area contributed by atoms with E-state index in [4.69, 9.17) is 19.6 Å². The van der Waals surface area contributed by atoms with Crippen molar-refractivity contribution in [3.05, 3.63) is 30.1 Å². The molecular weight excluding hydrogens is 272 g/mol. The zero-order valence-electron chi connectivity index (χ0n) is 8.36. The molecule has 17 heavy (non-hydrogen) atoms. The van der Waals surface area contributed by atoms with Crippen molar-refractivity contribution >= 4 is 15.2 Å². The van der Waals surface area contributed by atoms with Crippen LogP contribution in [0.3, 0.4) is 0 Å². The molecule has 0 fully saturated rings. The number of aromatic nitrogens is 1. The molecule has 10 heteroatoms. The van der Waals surface area contributed by atoms with Crippen molar-refractivity contribution in [1.82, 2.24) is 4.98 Å². The summed E-state index contributed by atoms with van der Waals surface area (Å²) in [7, 11) is -10.3. The van der Waals surface area contributed by atoms with Gasteiger partial charge in [-0.05, 0) is 17.7 Å². The van der Waals surface area contributed by atoms with Gasteiger partial charge in [0, 0.05) is 12.4 Å². The zero-order valence-corrected chi connectivity index (χ0v) is 10.1. The molecule has 0 aliphatic carbocycles. The highest BCUT2D eigenvalue weighted by Crippen LogP contribution is 2.64. The van der Waals surface area contributed by atoms with Crippen LogP contribution in [-0.4, -0.2) is 35.1 Å². The Bertz CT molecular complexity index is 444. The van der Waals surface area contributed by atoms with Crippen LogP contribution >= 0.6 is 15.2 Å². The monoisotopic (exact) mass is 283 g/mol. The van der Waals surface area contributed by atoms with Gasteiger partial charge in [0.2, 0.25) is 0 Å². The number of hydrogen-bond acceptors (Lipinski definition) is 4. The Morgan fingerprint density at radius 3 is 1.76 bits per heavy atom. The molecule has 0 spiro atoms. The molecule has 0 bridgehead atoms. The molecule has 0 radical (unpaired) electrons. The molecule has 0 saturated carbocycles. The molecule has 1 unspecified atom stereocenters. The SMILES string of the molecule is O=P(O)(O)C(C(O)c1ccncc1)P(=O)(O)O. The van der Waals surface area contributed by atoms with Crippen molar-refractivity contribution in [3.8, 4) is 0 Å². The van der Waals surface area contributed by atoms with Gasteiger partial charge in [-0.25, -0.2) is 0 Å². The maximum Gasteiger partial charge on any atom is 0.343 e. The van der Waals surface area contributed by atoms with Gasteiger partial charge in [-0.1, -0.05) is 0 Å². The number of hydrogen-bond donors (Lipinski definition) is 5. The van der Waals surface area contributed by atoms with E-state index >= 15 is 0 Å². The van der Waals surface area contributed by atoms with Crippen molar-refractivity contribution in [2.24, 2.45) is 0 Å². The summed E-state index contributed by atoms with van der Waals surface area (Å²) in [5.41, 5.74) is -0.0309. The number of aliphatic hydroxyl groups excluding tert-OH is 1. The lowest BCUT2D eigenvalue weighted by atomic mass is 10.2. The van der Waals surface area contributed by atoms with Crippen LogP contribution in [0.4, 0.5) is 0 Å². The third-order valence-electron chi connectivity index (χ3n) is 2.02. The average Bonchev–Trinajstić information content (AvgIpc) is 2.14. The number of nitrogens with zero attached hydrogens (tertiary/aromatic N) is 1. The van der Waals surface area contributed by atoms with Gasteiger partial charge in [0.15, 0.2) is 5.40 Å². The standard InChI is InChI=1S/C7H11NO7P2/c9-6(5-1-3-8-4-2-5)7(16(10,11)12)17(13,14)15/h1-4,6-7,9H,(H2,10,11,12)(H2,13,14,15). The lowest BCUT2D eigenvalue weighted by Gasteiger charge is -2.24. The Balaban J connectivity index is 3.18. The molecule has 1 rings (SSSR count). The fraction of sp³-hybridized carbons (Fsp3) is 0.286. The zero-order chi connectivity index (χ0) is 13.3. The Labute approximate surface area is 96.3 Å². The van der Waals surface area contributed by atoms with Crippen molar-refractivity contribution in [2.45, 2.75) is 11.5 Å². The smallest absolute Gasteiger partial charge is 0.343 e. The Kier molecular flexibility index (Phi) is 4.22. The van der Waals surface area contributed by atoms with Gasteiger partial charge in [0.25, 0.3) is 0 Å². The van der Waals surface area contributed by atoms with Crippen molar-refractivity contribution in [1.29, 1.82) is 0 Å².